The molecule has 3 unspecified atom stereocenters. The first-order valence-corrected chi connectivity index (χ1v) is 12.0. The Morgan fingerprint density at radius 3 is 2.42 bits per heavy atom. The topological polar surface area (TPSA) is 76.2 Å². The van der Waals surface area contributed by atoms with Gasteiger partial charge in [0.1, 0.15) is 18.3 Å². The van der Waals surface area contributed by atoms with Crippen LogP contribution in [0.2, 0.25) is 0 Å². The van der Waals surface area contributed by atoms with Crippen LogP contribution in [0.15, 0.2) is 30.3 Å². The standard InChI is InChI=1S/C26H38N2O5/c1-19-16-22(32-4)10-11-23(29)20(2)25(31)33-18-26(27(3)17-19)12-14-28(15-13-26)24(30)21-8-6-5-7-9-21/h5-9,19-20,22H,10-18H2,1-4H3. The molecule has 2 aliphatic heterocycles. The normalized spacial score (nSPS) is 27.9. The summed E-state index contributed by atoms with van der Waals surface area (Å²) in [5, 5.41) is 0. The Morgan fingerprint density at radius 2 is 1.79 bits per heavy atom. The molecule has 2 aliphatic rings. The molecule has 0 N–H and O–H groups in total. The SMILES string of the molecule is COC1CCC(=O)C(C)C(=O)OCC2(CCN(C(=O)c3ccccc3)CC2)N(C)CC(C)C1. The highest BCUT2D eigenvalue weighted by atomic mass is 16.5. The van der Waals surface area contributed by atoms with Crippen LogP contribution in [0.1, 0.15) is 56.3 Å². The number of hydrogen-bond donors (Lipinski definition) is 0. The zero-order valence-corrected chi connectivity index (χ0v) is 20.4. The van der Waals surface area contributed by atoms with E-state index >= 15 is 0 Å². The van der Waals surface area contributed by atoms with Crippen molar-refractivity contribution in [2.24, 2.45) is 11.8 Å². The number of carbonyl (C=O) groups is 3. The fourth-order valence-electron chi connectivity index (χ4n) is 5.02. The van der Waals surface area contributed by atoms with E-state index in [0.717, 1.165) is 13.0 Å². The van der Waals surface area contributed by atoms with E-state index in [0.29, 0.717) is 50.3 Å². The molecular weight excluding hydrogens is 420 g/mol. The van der Waals surface area contributed by atoms with E-state index in [1.807, 2.05) is 35.2 Å². The molecule has 0 aliphatic carbocycles. The average molecular weight is 459 g/mol. The molecule has 1 spiro atoms. The van der Waals surface area contributed by atoms with E-state index in [1.165, 1.54) is 0 Å². The second kappa shape index (κ2) is 11.3. The molecule has 33 heavy (non-hydrogen) atoms. The number of hydrogen-bond acceptors (Lipinski definition) is 6. The molecule has 1 amide bonds. The number of piperidine rings is 1. The predicted octanol–water partition coefficient (Wildman–Crippen LogP) is 3.18. The molecular formula is C26H38N2O5. The van der Waals surface area contributed by atoms with E-state index in [1.54, 1.807) is 14.0 Å². The summed E-state index contributed by atoms with van der Waals surface area (Å²) in [6.45, 7) is 6.08. The van der Waals surface area contributed by atoms with Crippen molar-refractivity contribution in [3.8, 4) is 0 Å². The number of cyclic esters (lactones) is 1. The largest absolute Gasteiger partial charge is 0.463 e. The fourth-order valence-corrected chi connectivity index (χ4v) is 5.02. The highest BCUT2D eigenvalue weighted by Crippen LogP contribution is 2.31. The third-order valence-corrected chi connectivity index (χ3v) is 7.43. The summed E-state index contributed by atoms with van der Waals surface area (Å²) in [6, 6.07) is 9.33. The number of ether oxygens (including phenoxy) is 2. The lowest BCUT2D eigenvalue weighted by atomic mass is 9.85. The summed E-state index contributed by atoms with van der Waals surface area (Å²) in [5.74, 6) is -0.950. The number of benzene rings is 1. The van der Waals surface area contributed by atoms with Gasteiger partial charge in [0.25, 0.3) is 5.91 Å². The molecule has 1 aromatic rings. The smallest absolute Gasteiger partial charge is 0.316 e. The Hall–Kier alpha value is -2.25. The minimum absolute atomic E-state index is 0.0115. The molecule has 0 bridgehead atoms. The van der Waals surface area contributed by atoms with Gasteiger partial charge in [-0.1, -0.05) is 25.1 Å². The quantitative estimate of drug-likeness (QED) is 0.501. The van der Waals surface area contributed by atoms with Crippen molar-refractivity contribution < 1.29 is 23.9 Å². The average Bonchev–Trinajstić information content (AvgIpc) is 2.84. The Balaban J connectivity index is 1.76. The Bertz CT molecular complexity index is 819. The van der Waals surface area contributed by atoms with Crippen LogP contribution in [0.4, 0.5) is 0 Å². The number of likely N-dealkylation sites (tertiary alicyclic amines) is 1. The number of carbonyl (C=O) groups excluding carboxylic acids is 3. The van der Waals surface area contributed by atoms with E-state index in [4.69, 9.17) is 9.47 Å². The molecule has 2 fully saturated rings. The van der Waals surface area contributed by atoms with Gasteiger partial charge in [-0.05, 0) is 57.7 Å². The third kappa shape index (κ3) is 6.21. The maximum Gasteiger partial charge on any atom is 0.316 e. The van der Waals surface area contributed by atoms with Gasteiger partial charge in [-0.3, -0.25) is 19.3 Å². The lowest BCUT2D eigenvalue weighted by Gasteiger charge is -2.47. The summed E-state index contributed by atoms with van der Waals surface area (Å²) >= 11 is 0. The van der Waals surface area contributed by atoms with E-state index in [9.17, 15) is 14.4 Å². The highest BCUT2D eigenvalue weighted by molar-refractivity contribution is 5.98. The fraction of sp³-hybridized carbons (Fsp3) is 0.654. The number of Topliss-reactive ketones (excluding diaryl/α,β-unsaturated/α-hetero) is 1. The van der Waals surface area contributed by atoms with E-state index in [-0.39, 0.29) is 29.9 Å². The van der Waals surface area contributed by atoms with Gasteiger partial charge in [0.15, 0.2) is 0 Å². The van der Waals surface area contributed by atoms with Crippen LogP contribution in [-0.4, -0.2) is 79.5 Å². The second-order valence-electron chi connectivity index (χ2n) is 9.80. The van der Waals surface area contributed by atoms with Crippen LogP contribution >= 0.6 is 0 Å². The highest BCUT2D eigenvalue weighted by Gasteiger charge is 2.42. The van der Waals surface area contributed by atoms with Crippen molar-refractivity contribution in [2.45, 2.75) is 57.6 Å². The van der Waals surface area contributed by atoms with Crippen molar-refractivity contribution in [3.05, 3.63) is 35.9 Å². The number of likely N-dealkylation sites (N-methyl/N-ethyl adjacent to an activating group) is 1. The van der Waals surface area contributed by atoms with Crippen LogP contribution in [0.25, 0.3) is 0 Å². The van der Waals surface area contributed by atoms with Crippen LogP contribution in [0.3, 0.4) is 0 Å². The van der Waals surface area contributed by atoms with Crippen molar-refractivity contribution in [1.29, 1.82) is 0 Å². The van der Waals surface area contributed by atoms with Gasteiger partial charge in [0, 0.05) is 38.7 Å². The number of methoxy groups -OCH3 is 1. The molecule has 0 saturated carbocycles. The molecule has 0 aromatic heterocycles. The first-order chi connectivity index (χ1) is 15.8. The molecule has 182 valence electrons. The summed E-state index contributed by atoms with van der Waals surface area (Å²) in [6.07, 6.45) is 3.19. The number of nitrogens with zero attached hydrogens (tertiary/aromatic N) is 2. The zero-order valence-electron chi connectivity index (χ0n) is 20.4. The number of esters is 1. The van der Waals surface area contributed by atoms with Gasteiger partial charge in [-0.25, -0.2) is 0 Å². The Morgan fingerprint density at radius 1 is 1.12 bits per heavy atom. The van der Waals surface area contributed by atoms with Gasteiger partial charge in [-0.2, -0.15) is 0 Å². The predicted molar refractivity (Wildman–Crippen MR) is 126 cm³/mol. The zero-order chi connectivity index (χ0) is 24.0. The van der Waals surface area contributed by atoms with Gasteiger partial charge >= 0.3 is 5.97 Å². The first kappa shape index (κ1) is 25.4. The monoisotopic (exact) mass is 458 g/mol. The van der Waals surface area contributed by atoms with Gasteiger partial charge < -0.3 is 14.4 Å². The number of ketones is 1. The molecule has 2 heterocycles. The second-order valence-corrected chi connectivity index (χ2v) is 9.80. The van der Waals surface area contributed by atoms with Gasteiger partial charge in [0.2, 0.25) is 0 Å². The molecule has 3 rings (SSSR count). The van der Waals surface area contributed by atoms with Crippen molar-refractivity contribution in [1.82, 2.24) is 9.80 Å². The van der Waals surface area contributed by atoms with Crippen molar-refractivity contribution >= 4 is 17.7 Å². The Labute approximate surface area is 197 Å². The lowest BCUT2D eigenvalue weighted by Crippen LogP contribution is -2.58. The van der Waals surface area contributed by atoms with Crippen LogP contribution in [0, 0.1) is 11.8 Å². The third-order valence-electron chi connectivity index (χ3n) is 7.43. The van der Waals surface area contributed by atoms with Crippen LogP contribution < -0.4 is 0 Å². The molecule has 2 saturated heterocycles. The number of rotatable bonds is 2. The van der Waals surface area contributed by atoms with Gasteiger partial charge in [-0.15, -0.1) is 0 Å². The molecule has 7 nitrogen and oxygen atoms in total. The summed E-state index contributed by atoms with van der Waals surface area (Å²) in [4.78, 5) is 42.3. The van der Waals surface area contributed by atoms with E-state index < -0.39 is 11.9 Å². The first-order valence-electron chi connectivity index (χ1n) is 12.0. The number of amides is 1. The van der Waals surface area contributed by atoms with E-state index in [2.05, 4.69) is 18.9 Å². The summed E-state index contributed by atoms with van der Waals surface area (Å²) < 4.78 is 11.4. The van der Waals surface area contributed by atoms with Gasteiger partial charge in [0.05, 0.1) is 11.6 Å². The lowest BCUT2D eigenvalue weighted by molar-refractivity contribution is -0.156. The maximum absolute atomic E-state index is 12.9. The van der Waals surface area contributed by atoms with Crippen molar-refractivity contribution in [2.75, 3.05) is 40.4 Å². The minimum atomic E-state index is -0.775. The minimum Gasteiger partial charge on any atom is -0.463 e. The Kier molecular flexibility index (Phi) is 8.65. The molecule has 0 radical (unpaired) electrons. The molecule has 7 heteroatoms. The van der Waals surface area contributed by atoms with Crippen LogP contribution in [0.5, 0.6) is 0 Å². The van der Waals surface area contributed by atoms with Crippen LogP contribution in [-0.2, 0) is 19.1 Å². The summed E-state index contributed by atoms with van der Waals surface area (Å²) in [5.41, 5.74) is 0.325. The maximum atomic E-state index is 12.9. The molecule has 3 atom stereocenters. The summed E-state index contributed by atoms with van der Waals surface area (Å²) in [7, 11) is 3.76. The van der Waals surface area contributed by atoms with Crippen molar-refractivity contribution in [3.63, 3.8) is 0 Å². The molecule has 1 aromatic carbocycles.